The van der Waals surface area contributed by atoms with Gasteiger partial charge in [0.2, 0.25) is 5.91 Å². The Labute approximate surface area is 279 Å². The van der Waals surface area contributed by atoms with Crippen molar-refractivity contribution < 1.29 is 32.4 Å². The minimum absolute atomic E-state index is 0.123. The molecule has 0 bridgehead atoms. The predicted octanol–water partition coefficient (Wildman–Crippen LogP) is 6.85. The van der Waals surface area contributed by atoms with E-state index < -0.39 is 46.3 Å². The summed E-state index contributed by atoms with van der Waals surface area (Å²) in [5.74, 6) is -0.967. The van der Waals surface area contributed by atoms with Gasteiger partial charge in [-0.05, 0) is 53.3 Å². The Balaban J connectivity index is 1.53. The first-order chi connectivity index (χ1) is 21.7. The molecule has 3 aromatic rings. The Morgan fingerprint density at radius 1 is 1.13 bits per heavy atom. The molecule has 2 heterocycles. The second-order valence-corrected chi connectivity index (χ2v) is 15.0. The fraction of sp³-hybridized carbons (Fsp3) is 0.394. The molecule has 0 aliphatic carbocycles. The molecule has 2 amide bonds. The fourth-order valence-electron chi connectivity index (χ4n) is 6.36. The first kappa shape index (κ1) is 34.0. The number of hydrogen-bond donors (Lipinski definition) is 3. The molecule has 246 valence electrons. The molecule has 1 spiro atoms. The number of anilines is 2. The van der Waals surface area contributed by atoms with Gasteiger partial charge < -0.3 is 19.5 Å². The van der Waals surface area contributed by atoms with Crippen LogP contribution in [0.4, 0.5) is 20.6 Å². The molecule has 5 atom stereocenters. The minimum Gasteiger partial charge on any atom is -0.494 e. The van der Waals surface area contributed by atoms with E-state index >= 15 is 4.39 Å². The maximum absolute atomic E-state index is 15.9. The smallest absolute Gasteiger partial charge is 0.413 e. The lowest BCUT2D eigenvalue weighted by atomic mass is 9.63. The highest BCUT2D eigenvalue weighted by Gasteiger charge is 2.66. The van der Waals surface area contributed by atoms with Crippen molar-refractivity contribution in [1.29, 1.82) is 0 Å². The predicted molar refractivity (Wildman–Crippen MR) is 178 cm³/mol. The van der Waals surface area contributed by atoms with Crippen LogP contribution in [0.25, 0.3) is 0 Å². The van der Waals surface area contributed by atoms with Crippen LogP contribution in [0.3, 0.4) is 0 Å². The van der Waals surface area contributed by atoms with Crippen molar-refractivity contribution in [3.63, 3.8) is 0 Å². The van der Waals surface area contributed by atoms with Gasteiger partial charge in [-0.15, -0.1) is 0 Å². The van der Waals surface area contributed by atoms with Gasteiger partial charge >= 0.3 is 6.09 Å². The van der Waals surface area contributed by atoms with Crippen molar-refractivity contribution in [2.45, 2.75) is 50.8 Å². The van der Waals surface area contributed by atoms with E-state index in [2.05, 4.69) is 16.0 Å². The molecule has 3 N–H and O–H groups in total. The number of ether oxygens (including phenoxy) is 3. The highest BCUT2D eigenvalue weighted by atomic mass is 35.5. The van der Waals surface area contributed by atoms with Crippen LogP contribution in [0.1, 0.15) is 44.2 Å². The Kier molecular flexibility index (Phi) is 9.89. The lowest BCUT2D eigenvalue weighted by Crippen LogP contribution is -2.49. The van der Waals surface area contributed by atoms with Crippen LogP contribution in [-0.2, 0) is 25.7 Å². The molecule has 0 saturated carbocycles. The van der Waals surface area contributed by atoms with Crippen LogP contribution >= 0.6 is 23.2 Å². The first-order valence-electron chi connectivity index (χ1n) is 14.6. The van der Waals surface area contributed by atoms with E-state index in [1.807, 2.05) is 20.8 Å². The summed E-state index contributed by atoms with van der Waals surface area (Å²) in [7, 11) is 0.435. The van der Waals surface area contributed by atoms with E-state index in [0.717, 1.165) is 0 Å². The van der Waals surface area contributed by atoms with Gasteiger partial charge in [-0.2, -0.15) is 0 Å². The zero-order chi connectivity index (χ0) is 33.4. The lowest BCUT2D eigenvalue weighted by Gasteiger charge is -2.37. The second kappa shape index (κ2) is 13.4. The van der Waals surface area contributed by atoms with Crippen LogP contribution < -0.4 is 25.4 Å². The molecule has 5 rings (SSSR count). The van der Waals surface area contributed by atoms with E-state index in [1.54, 1.807) is 54.8 Å². The fourth-order valence-corrected chi connectivity index (χ4v) is 7.04. The number of methoxy groups -OCH3 is 1. The van der Waals surface area contributed by atoms with Gasteiger partial charge in [-0.1, -0.05) is 62.2 Å². The third-order valence-electron chi connectivity index (χ3n) is 8.18. The Morgan fingerprint density at radius 3 is 2.59 bits per heavy atom. The summed E-state index contributed by atoms with van der Waals surface area (Å²) in [6.07, 6.45) is 0.0490. The van der Waals surface area contributed by atoms with Crippen LogP contribution in [0.15, 0.2) is 54.6 Å². The summed E-state index contributed by atoms with van der Waals surface area (Å²) in [5.41, 5.74) is -0.126. The molecular formula is C33H36Cl2FN3O6S. The number of carbonyl (C=O) groups excluding carboxylic acids is 2. The first-order valence-corrected chi connectivity index (χ1v) is 17.1. The summed E-state index contributed by atoms with van der Waals surface area (Å²) in [6, 6.07) is 13.9. The Hall–Kier alpha value is -3.38. The van der Waals surface area contributed by atoms with Crippen LogP contribution in [0, 0.1) is 11.2 Å². The van der Waals surface area contributed by atoms with Crippen molar-refractivity contribution in [3.8, 4) is 11.5 Å². The molecule has 2 aliphatic rings. The third-order valence-corrected chi connectivity index (χ3v) is 9.44. The van der Waals surface area contributed by atoms with Crippen molar-refractivity contribution in [3.05, 3.63) is 81.6 Å². The highest BCUT2D eigenvalue weighted by molar-refractivity contribution is 7.84. The normalized spacial score (nSPS) is 22.7. The number of hydrogen-bond acceptors (Lipinski definition) is 7. The average Bonchev–Trinajstić information content (AvgIpc) is 3.42. The molecule has 13 heteroatoms. The number of rotatable bonds is 9. The Morgan fingerprint density at radius 2 is 1.89 bits per heavy atom. The molecule has 1 fully saturated rings. The van der Waals surface area contributed by atoms with Crippen LogP contribution in [0.2, 0.25) is 10.0 Å². The summed E-state index contributed by atoms with van der Waals surface area (Å²) in [5, 5.41) is 9.35. The molecule has 3 aromatic carbocycles. The van der Waals surface area contributed by atoms with Crippen molar-refractivity contribution in [1.82, 2.24) is 5.32 Å². The maximum Gasteiger partial charge on any atom is 0.413 e. The van der Waals surface area contributed by atoms with E-state index in [-0.39, 0.29) is 28.5 Å². The van der Waals surface area contributed by atoms with Crippen molar-refractivity contribution in [2.24, 2.45) is 5.41 Å². The molecule has 46 heavy (non-hydrogen) atoms. The van der Waals surface area contributed by atoms with Gasteiger partial charge in [0.25, 0.3) is 0 Å². The summed E-state index contributed by atoms with van der Waals surface area (Å²) >= 11 is 12.6. The SMILES string of the molecule is COc1cc(OCCS(C)=O)ccc1NC(=O)O[C@H]1N[C@@H](CC(C)(C)C)[C@@]2(C(=O)Nc3cc(Cl)ccc32)[C@H]1c1cccc(Cl)c1F. The molecule has 9 nitrogen and oxygen atoms in total. The molecule has 1 saturated heterocycles. The molecular weight excluding hydrogens is 656 g/mol. The Bertz CT molecular complexity index is 1690. The highest BCUT2D eigenvalue weighted by Crippen LogP contribution is 2.57. The standard InChI is InChI=1S/C33H36Cl2FN3O6S/c1-32(2,3)17-26-33(21-11-9-18(34)15-24(21)37-30(33)40)27(20-7-6-8-22(35)28(20)36)29(39-26)45-31(41)38-23-12-10-19(16-25(23)43-4)44-13-14-46(5)42/h6-12,15-16,26-27,29,39H,13-14,17H2,1-5H3,(H,37,40)(H,38,41)/t26-,27-,29+,33+,46?/m0/s1. The quantitative estimate of drug-likeness (QED) is 0.225. The van der Waals surface area contributed by atoms with Gasteiger partial charge in [-0.25, -0.2) is 9.18 Å². The summed E-state index contributed by atoms with van der Waals surface area (Å²) in [6.45, 7) is 6.36. The number of fused-ring (bicyclic) bond motifs is 2. The van der Waals surface area contributed by atoms with E-state index in [9.17, 15) is 13.8 Å². The van der Waals surface area contributed by atoms with E-state index in [0.29, 0.717) is 45.6 Å². The average molecular weight is 693 g/mol. The number of benzene rings is 3. The number of nitrogens with one attached hydrogen (secondary N) is 3. The largest absolute Gasteiger partial charge is 0.494 e. The molecule has 0 radical (unpaired) electrons. The van der Waals surface area contributed by atoms with Gasteiger partial charge in [0.05, 0.1) is 36.1 Å². The molecule has 1 unspecified atom stereocenters. The number of amides is 2. The topological polar surface area (TPSA) is 115 Å². The van der Waals surface area contributed by atoms with Crippen LogP contribution in [-0.4, -0.2) is 54.2 Å². The zero-order valence-corrected chi connectivity index (χ0v) is 28.4. The van der Waals surface area contributed by atoms with Crippen molar-refractivity contribution >= 4 is 57.4 Å². The molecule has 2 aliphatic heterocycles. The number of halogens is 3. The monoisotopic (exact) mass is 691 g/mol. The second-order valence-electron chi connectivity index (χ2n) is 12.6. The summed E-state index contributed by atoms with van der Waals surface area (Å²) in [4.78, 5) is 27.8. The third kappa shape index (κ3) is 6.69. The van der Waals surface area contributed by atoms with Gasteiger partial charge in [-0.3, -0.25) is 19.6 Å². The molecule has 0 aromatic heterocycles. The maximum atomic E-state index is 15.9. The minimum atomic E-state index is -1.39. The van der Waals surface area contributed by atoms with Gasteiger partial charge in [0.15, 0.2) is 6.23 Å². The van der Waals surface area contributed by atoms with Gasteiger partial charge in [0, 0.05) is 39.9 Å². The number of carbonyl (C=O) groups is 2. The van der Waals surface area contributed by atoms with Gasteiger partial charge in [0.1, 0.15) is 22.7 Å². The zero-order valence-electron chi connectivity index (χ0n) is 26.0. The van der Waals surface area contributed by atoms with Crippen LogP contribution in [0.5, 0.6) is 11.5 Å². The van der Waals surface area contributed by atoms with Crippen molar-refractivity contribution in [2.75, 3.05) is 36.4 Å². The van der Waals surface area contributed by atoms with E-state index in [1.165, 1.54) is 13.2 Å². The summed E-state index contributed by atoms with van der Waals surface area (Å²) < 4.78 is 44.4. The van der Waals surface area contributed by atoms with E-state index in [4.69, 9.17) is 37.4 Å². The lowest BCUT2D eigenvalue weighted by molar-refractivity contribution is -0.122.